The van der Waals surface area contributed by atoms with E-state index in [4.69, 9.17) is 5.26 Å². The highest BCUT2D eigenvalue weighted by Crippen LogP contribution is 2.32. The van der Waals surface area contributed by atoms with Gasteiger partial charge in [0.25, 0.3) is 5.91 Å². The highest BCUT2D eigenvalue weighted by atomic mass is 16.3. The maximum absolute atomic E-state index is 12.3. The van der Waals surface area contributed by atoms with Crippen LogP contribution in [0, 0.1) is 11.3 Å². The third kappa shape index (κ3) is 2.19. The third-order valence-electron chi connectivity index (χ3n) is 3.92. The van der Waals surface area contributed by atoms with Gasteiger partial charge in [-0.3, -0.25) is 9.48 Å². The average Bonchev–Trinajstić information content (AvgIpc) is 3.07. The number of amides is 1. The topological polar surface area (TPSA) is 95.9 Å². The minimum Gasteiger partial charge on any atom is -0.391 e. The van der Waals surface area contributed by atoms with Crippen molar-refractivity contribution in [2.24, 2.45) is 7.05 Å². The molecule has 1 aliphatic rings. The van der Waals surface area contributed by atoms with Crippen LogP contribution in [-0.4, -0.2) is 37.5 Å². The van der Waals surface area contributed by atoms with Gasteiger partial charge in [0, 0.05) is 19.4 Å². The fourth-order valence-electron chi connectivity index (χ4n) is 2.67. The molecular formula is C14H15N5O2. The van der Waals surface area contributed by atoms with Crippen LogP contribution in [0.4, 0.5) is 0 Å². The van der Waals surface area contributed by atoms with E-state index in [-0.39, 0.29) is 18.0 Å². The normalized spacial score (nSPS) is 24.1. The molecule has 3 rings (SSSR count). The minimum absolute atomic E-state index is 0.173. The van der Waals surface area contributed by atoms with E-state index in [1.807, 2.05) is 6.07 Å². The first-order valence-corrected chi connectivity index (χ1v) is 6.65. The quantitative estimate of drug-likeness (QED) is 0.842. The summed E-state index contributed by atoms with van der Waals surface area (Å²) in [5, 5.41) is 25.8. The number of nitriles is 1. The molecule has 0 radical (unpaired) electrons. The molecule has 1 amide bonds. The largest absolute Gasteiger partial charge is 0.391 e. The van der Waals surface area contributed by atoms with Gasteiger partial charge in [0.1, 0.15) is 17.5 Å². The Morgan fingerprint density at radius 1 is 1.57 bits per heavy atom. The van der Waals surface area contributed by atoms with Gasteiger partial charge >= 0.3 is 0 Å². The first-order chi connectivity index (χ1) is 10.1. The van der Waals surface area contributed by atoms with Gasteiger partial charge in [-0.05, 0) is 24.6 Å². The van der Waals surface area contributed by atoms with Crippen LogP contribution in [0.1, 0.15) is 28.6 Å². The van der Waals surface area contributed by atoms with Crippen LogP contribution in [-0.2, 0) is 7.05 Å². The van der Waals surface area contributed by atoms with Gasteiger partial charge in [-0.15, -0.1) is 0 Å². The van der Waals surface area contributed by atoms with Crippen molar-refractivity contribution in [2.75, 3.05) is 0 Å². The van der Waals surface area contributed by atoms with Gasteiger partial charge in [0.15, 0.2) is 0 Å². The summed E-state index contributed by atoms with van der Waals surface area (Å²) < 4.78 is 3.21. The van der Waals surface area contributed by atoms with Crippen LogP contribution in [0.15, 0.2) is 30.6 Å². The Morgan fingerprint density at radius 2 is 2.38 bits per heavy atom. The fraction of sp³-hybridized carbons (Fsp3) is 0.357. The zero-order chi connectivity index (χ0) is 15.0. The standard InChI is InChI=1S/C14H15N5O2/c1-18-9(8-15)3-4-11(18)14(21)17-10-7-12(20)13(10)19-6-2-5-16-19/h2-6,10,12-13,20H,7H2,1H3,(H,17,21)/t10-,12+,13+/m0/s1. The molecule has 1 saturated carbocycles. The number of aromatic nitrogens is 3. The van der Waals surface area contributed by atoms with Gasteiger partial charge < -0.3 is 15.0 Å². The second kappa shape index (κ2) is 5.07. The van der Waals surface area contributed by atoms with Crippen molar-refractivity contribution in [3.8, 4) is 6.07 Å². The van der Waals surface area contributed by atoms with Crippen molar-refractivity contribution in [1.29, 1.82) is 5.26 Å². The summed E-state index contributed by atoms with van der Waals surface area (Å²) >= 11 is 0. The number of rotatable bonds is 3. The highest BCUT2D eigenvalue weighted by Gasteiger charge is 2.42. The maximum atomic E-state index is 12.3. The summed E-state index contributed by atoms with van der Waals surface area (Å²) in [6.45, 7) is 0. The number of nitrogens with one attached hydrogen (secondary N) is 1. The Bertz CT molecular complexity index is 698. The van der Waals surface area contributed by atoms with E-state index >= 15 is 0 Å². The molecule has 2 aromatic rings. The lowest BCUT2D eigenvalue weighted by atomic mass is 9.83. The molecule has 1 aliphatic carbocycles. The molecule has 1 fully saturated rings. The summed E-state index contributed by atoms with van der Waals surface area (Å²) in [4.78, 5) is 12.3. The van der Waals surface area contributed by atoms with Crippen molar-refractivity contribution in [3.05, 3.63) is 42.0 Å². The summed E-state index contributed by atoms with van der Waals surface area (Å²) in [6, 6.07) is 6.60. The fourth-order valence-corrected chi connectivity index (χ4v) is 2.67. The maximum Gasteiger partial charge on any atom is 0.268 e. The molecule has 2 aromatic heterocycles. The van der Waals surface area contributed by atoms with Crippen LogP contribution in [0.3, 0.4) is 0 Å². The molecule has 3 atom stereocenters. The van der Waals surface area contributed by atoms with Crippen LogP contribution in [0.5, 0.6) is 0 Å². The average molecular weight is 285 g/mol. The highest BCUT2D eigenvalue weighted by molar-refractivity contribution is 5.93. The summed E-state index contributed by atoms with van der Waals surface area (Å²) in [5.74, 6) is -0.256. The van der Waals surface area contributed by atoms with Crippen LogP contribution in [0.2, 0.25) is 0 Å². The lowest BCUT2D eigenvalue weighted by Crippen LogP contribution is -2.56. The van der Waals surface area contributed by atoms with E-state index in [1.54, 1.807) is 46.9 Å². The minimum atomic E-state index is -0.515. The van der Waals surface area contributed by atoms with E-state index in [2.05, 4.69) is 10.4 Å². The van der Waals surface area contributed by atoms with Gasteiger partial charge in [-0.2, -0.15) is 10.4 Å². The van der Waals surface area contributed by atoms with Gasteiger partial charge in [-0.25, -0.2) is 0 Å². The van der Waals surface area contributed by atoms with Gasteiger partial charge in [0.05, 0.1) is 18.2 Å². The Balaban J connectivity index is 1.73. The summed E-state index contributed by atoms with van der Waals surface area (Å²) in [5.41, 5.74) is 0.851. The predicted molar refractivity (Wildman–Crippen MR) is 73.3 cm³/mol. The van der Waals surface area contributed by atoms with Gasteiger partial charge in [0.2, 0.25) is 0 Å². The lowest BCUT2D eigenvalue weighted by Gasteiger charge is -2.41. The molecule has 21 heavy (non-hydrogen) atoms. The van der Waals surface area contributed by atoms with E-state index in [0.717, 1.165) is 0 Å². The zero-order valence-corrected chi connectivity index (χ0v) is 11.5. The second-order valence-corrected chi connectivity index (χ2v) is 5.13. The zero-order valence-electron chi connectivity index (χ0n) is 11.5. The molecule has 0 bridgehead atoms. The number of hydrogen-bond acceptors (Lipinski definition) is 4. The molecule has 0 aliphatic heterocycles. The number of aliphatic hydroxyl groups excluding tert-OH is 1. The lowest BCUT2D eigenvalue weighted by molar-refractivity contribution is -0.00599. The van der Waals surface area contributed by atoms with E-state index in [1.165, 1.54) is 0 Å². The van der Waals surface area contributed by atoms with Gasteiger partial charge in [-0.1, -0.05) is 0 Å². The second-order valence-electron chi connectivity index (χ2n) is 5.13. The molecule has 2 heterocycles. The Hall–Kier alpha value is -2.59. The summed E-state index contributed by atoms with van der Waals surface area (Å²) in [6.07, 6.45) is 3.38. The number of carbonyl (C=O) groups excluding carboxylic acids is 1. The van der Waals surface area contributed by atoms with Crippen molar-refractivity contribution < 1.29 is 9.90 Å². The molecule has 108 valence electrons. The molecular weight excluding hydrogens is 270 g/mol. The van der Waals surface area contributed by atoms with Crippen molar-refractivity contribution >= 4 is 5.91 Å². The smallest absolute Gasteiger partial charge is 0.268 e. The predicted octanol–water partition coefficient (Wildman–Crippen LogP) is 0.198. The molecule has 7 nitrogen and oxygen atoms in total. The molecule has 0 spiro atoms. The molecule has 0 unspecified atom stereocenters. The first kappa shape index (κ1) is 13.4. The third-order valence-corrected chi connectivity index (χ3v) is 3.92. The number of hydrogen-bond donors (Lipinski definition) is 2. The summed E-state index contributed by atoms with van der Waals surface area (Å²) in [7, 11) is 1.67. The number of carbonyl (C=O) groups is 1. The van der Waals surface area contributed by atoms with E-state index < -0.39 is 6.10 Å². The van der Waals surface area contributed by atoms with Crippen molar-refractivity contribution in [2.45, 2.75) is 24.6 Å². The van der Waals surface area contributed by atoms with Crippen LogP contribution in [0.25, 0.3) is 0 Å². The van der Waals surface area contributed by atoms with Crippen LogP contribution >= 0.6 is 0 Å². The molecule has 0 aromatic carbocycles. The van der Waals surface area contributed by atoms with Crippen LogP contribution < -0.4 is 5.32 Å². The molecule has 0 saturated heterocycles. The number of aliphatic hydroxyl groups is 1. The Morgan fingerprint density at radius 3 is 2.95 bits per heavy atom. The molecule has 7 heteroatoms. The first-order valence-electron chi connectivity index (χ1n) is 6.65. The number of nitrogens with zero attached hydrogens (tertiary/aromatic N) is 4. The Labute approximate surface area is 121 Å². The van der Waals surface area contributed by atoms with E-state index in [9.17, 15) is 9.90 Å². The van der Waals surface area contributed by atoms with Crippen molar-refractivity contribution in [1.82, 2.24) is 19.7 Å². The Kier molecular flexibility index (Phi) is 3.23. The SMILES string of the molecule is Cn1c(C#N)ccc1C(=O)N[C@H]1C[C@@H](O)[C@@H]1n1cccn1. The van der Waals surface area contributed by atoms with Crippen molar-refractivity contribution in [3.63, 3.8) is 0 Å². The molecule has 2 N–H and O–H groups in total. The monoisotopic (exact) mass is 285 g/mol. The van der Waals surface area contributed by atoms with E-state index in [0.29, 0.717) is 17.8 Å².